The molecule has 0 N–H and O–H groups in total. The van der Waals surface area contributed by atoms with Gasteiger partial charge in [0.15, 0.2) is 0 Å². The molecular weight excluding hydrogens is 513 g/mol. The Morgan fingerprint density at radius 3 is 2.38 bits per heavy atom. The summed E-state index contributed by atoms with van der Waals surface area (Å²) in [5.41, 5.74) is 7.98. The standard InChI is InChI=1S/C33H39F3N2S/c1-9-31-17-32(31,10-2)38-18-37-26-22-12-11-20(16-30(7,8)33(34,35)36)14-24(22)39-28(26)27(38)23-15-21(29(4,5)6)13-19(3)25(23)31/h11-15,18,24H,9-10,16-17H2,1-8H3. The highest BCUT2D eigenvalue weighted by Crippen LogP contribution is 2.72. The van der Waals surface area contributed by atoms with Crippen molar-refractivity contribution in [3.63, 3.8) is 0 Å². The van der Waals surface area contributed by atoms with Crippen LogP contribution in [0, 0.1) is 12.3 Å². The van der Waals surface area contributed by atoms with E-state index in [4.69, 9.17) is 4.99 Å². The van der Waals surface area contributed by atoms with Crippen LogP contribution in [0.3, 0.4) is 0 Å². The number of nitrogens with zero attached hydrogens (tertiary/aromatic N) is 2. The average Bonchev–Trinajstić information content (AvgIpc) is 3.40. The van der Waals surface area contributed by atoms with Crippen molar-refractivity contribution in [3.8, 4) is 0 Å². The molecule has 0 bridgehead atoms. The number of allylic oxidation sites excluding steroid dienone is 3. The number of hydrogen-bond donors (Lipinski definition) is 0. The number of thioether (sulfide) groups is 1. The van der Waals surface area contributed by atoms with Gasteiger partial charge in [0.2, 0.25) is 0 Å². The number of alkyl halides is 3. The van der Waals surface area contributed by atoms with Gasteiger partial charge in [-0.25, -0.2) is 4.99 Å². The second kappa shape index (κ2) is 8.18. The molecule has 0 saturated heterocycles. The number of rotatable bonds is 4. The Kier molecular flexibility index (Phi) is 5.66. The van der Waals surface area contributed by atoms with E-state index in [0.717, 1.165) is 36.1 Å². The van der Waals surface area contributed by atoms with E-state index in [-0.39, 0.29) is 28.0 Å². The van der Waals surface area contributed by atoms with Crippen molar-refractivity contribution in [3.05, 3.63) is 74.4 Å². The third-order valence-corrected chi connectivity index (χ3v) is 11.3. The molecule has 5 aliphatic rings. The Balaban J connectivity index is 1.51. The smallest absolute Gasteiger partial charge is 0.324 e. The lowest BCUT2D eigenvalue weighted by Crippen LogP contribution is -2.46. The van der Waals surface area contributed by atoms with Gasteiger partial charge in [0, 0.05) is 11.0 Å². The van der Waals surface area contributed by atoms with Crippen LogP contribution in [-0.2, 0) is 10.8 Å². The summed E-state index contributed by atoms with van der Waals surface area (Å²) in [5, 5.41) is -0.0198. The minimum absolute atomic E-state index is 0.0184. The zero-order chi connectivity index (χ0) is 28.3. The lowest BCUT2D eigenvalue weighted by molar-refractivity contribution is -0.210. The number of benzene rings is 1. The van der Waals surface area contributed by atoms with Crippen molar-refractivity contribution < 1.29 is 13.2 Å². The molecule has 1 aromatic rings. The van der Waals surface area contributed by atoms with Gasteiger partial charge in [-0.3, -0.25) is 0 Å². The predicted octanol–water partition coefficient (Wildman–Crippen LogP) is 9.36. The third-order valence-electron chi connectivity index (χ3n) is 10.00. The second-order valence-electron chi connectivity index (χ2n) is 13.7. The molecular formula is C33H39F3N2S. The summed E-state index contributed by atoms with van der Waals surface area (Å²) in [6.07, 6.45) is 6.96. The summed E-state index contributed by atoms with van der Waals surface area (Å²) in [5.74, 6) is 0. The van der Waals surface area contributed by atoms with E-state index in [1.807, 2.05) is 18.2 Å². The van der Waals surface area contributed by atoms with Gasteiger partial charge in [0.1, 0.15) is 0 Å². The predicted molar refractivity (Wildman–Crippen MR) is 157 cm³/mol. The van der Waals surface area contributed by atoms with E-state index in [0.29, 0.717) is 0 Å². The van der Waals surface area contributed by atoms with Crippen molar-refractivity contribution in [2.75, 3.05) is 0 Å². The van der Waals surface area contributed by atoms with Gasteiger partial charge in [-0.2, -0.15) is 13.2 Å². The molecule has 0 amide bonds. The summed E-state index contributed by atoms with van der Waals surface area (Å²) >= 11 is 1.76. The van der Waals surface area contributed by atoms with E-state index in [1.165, 1.54) is 46.7 Å². The summed E-state index contributed by atoms with van der Waals surface area (Å²) in [6.45, 7) is 16.3. The molecule has 6 rings (SSSR count). The van der Waals surface area contributed by atoms with Crippen LogP contribution in [0.15, 0.2) is 57.1 Å². The fourth-order valence-electron chi connectivity index (χ4n) is 7.54. The van der Waals surface area contributed by atoms with Crippen LogP contribution in [-0.4, -0.2) is 28.2 Å². The highest BCUT2D eigenvalue weighted by atomic mass is 32.2. The summed E-state index contributed by atoms with van der Waals surface area (Å²) in [7, 11) is 0. The molecule has 1 fully saturated rings. The molecule has 1 aromatic carbocycles. The summed E-state index contributed by atoms with van der Waals surface area (Å²) < 4.78 is 40.9. The SMILES string of the molecule is CCC12CC1(CC)N1C=NC3=C4C=CC(CC(C)(C)C(F)(F)F)=CC4SC3=C1c1cc(C(C)(C)C)cc(C)c12. The quantitative estimate of drug-likeness (QED) is 0.370. The van der Waals surface area contributed by atoms with Crippen molar-refractivity contribution in [1.29, 1.82) is 0 Å². The molecule has 3 atom stereocenters. The van der Waals surface area contributed by atoms with Crippen LogP contribution in [0.25, 0.3) is 5.70 Å². The molecule has 3 unspecified atom stereocenters. The molecule has 6 heteroatoms. The zero-order valence-electron chi connectivity index (χ0n) is 24.3. The average molecular weight is 553 g/mol. The molecule has 3 aliphatic heterocycles. The van der Waals surface area contributed by atoms with Gasteiger partial charge < -0.3 is 4.90 Å². The van der Waals surface area contributed by atoms with Gasteiger partial charge >= 0.3 is 6.18 Å². The highest BCUT2D eigenvalue weighted by Gasteiger charge is 2.73. The van der Waals surface area contributed by atoms with Crippen molar-refractivity contribution >= 4 is 23.8 Å². The van der Waals surface area contributed by atoms with Crippen molar-refractivity contribution in [2.45, 2.75) is 109 Å². The number of aryl methyl sites for hydroxylation is 1. The number of fused-ring (bicyclic) bond motifs is 8. The Labute approximate surface area is 235 Å². The van der Waals surface area contributed by atoms with Crippen LogP contribution in [0.4, 0.5) is 13.2 Å². The van der Waals surface area contributed by atoms with Crippen molar-refractivity contribution in [2.24, 2.45) is 10.4 Å². The molecule has 208 valence electrons. The van der Waals surface area contributed by atoms with Crippen LogP contribution in [0.5, 0.6) is 0 Å². The van der Waals surface area contributed by atoms with E-state index < -0.39 is 11.6 Å². The van der Waals surface area contributed by atoms with Crippen LogP contribution >= 0.6 is 11.8 Å². The largest absolute Gasteiger partial charge is 0.394 e. The molecule has 0 radical (unpaired) electrons. The topological polar surface area (TPSA) is 15.6 Å². The molecule has 0 aromatic heterocycles. The molecule has 2 nitrogen and oxygen atoms in total. The molecule has 1 saturated carbocycles. The lowest BCUT2D eigenvalue weighted by Gasteiger charge is -2.45. The first kappa shape index (κ1) is 27.0. The minimum Gasteiger partial charge on any atom is -0.324 e. The van der Waals surface area contributed by atoms with Gasteiger partial charge in [0.05, 0.1) is 38.8 Å². The third kappa shape index (κ3) is 3.58. The summed E-state index contributed by atoms with van der Waals surface area (Å²) in [4.78, 5) is 8.70. The monoisotopic (exact) mass is 552 g/mol. The fraction of sp³-hybridized carbons (Fsp3) is 0.545. The number of halogens is 3. The van der Waals surface area contributed by atoms with Gasteiger partial charge in [-0.1, -0.05) is 72.8 Å². The van der Waals surface area contributed by atoms with E-state index in [9.17, 15) is 13.2 Å². The lowest BCUT2D eigenvalue weighted by atomic mass is 9.73. The first-order chi connectivity index (χ1) is 18.1. The first-order valence-corrected chi connectivity index (χ1v) is 15.1. The van der Waals surface area contributed by atoms with E-state index in [2.05, 4.69) is 64.9 Å². The normalized spacial score (nSPS) is 29.2. The van der Waals surface area contributed by atoms with Gasteiger partial charge in [0.25, 0.3) is 0 Å². The Morgan fingerprint density at radius 2 is 1.77 bits per heavy atom. The molecule has 3 heterocycles. The number of hydrogen-bond acceptors (Lipinski definition) is 3. The summed E-state index contributed by atoms with van der Waals surface area (Å²) in [6, 6.07) is 4.81. The first-order valence-electron chi connectivity index (χ1n) is 14.2. The van der Waals surface area contributed by atoms with Crippen LogP contribution in [0.1, 0.15) is 96.4 Å². The Hall–Kier alpha value is -2.21. The van der Waals surface area contributed by atoms with E-state index in [1.54, 1.807) is 11.8 Å². The minimum atomic E-state index is -4.24. The molecule has 39 heavy (non-hydrogen) atoms. The van der Waals surface area contributed by atoms with Crippen LogP contribution < -0.4 is 0 Å². The fourth-order valence-corrected chi connectivity index (χ4v) is 8.96. The second-order valence-corrected chi connectivity index (χ2v) is 14.9. The van der Waals surface area contributed by atoms with Gasteiger partial charge in [-0.05, 0) is 71.9 Å². The van der Waals surface area contributed by atoms with Crippen molar-refractivity contribution in [1.82, 2.24) is 4.90 Å². The zero-order valence-corrected chi connectivity index (χ0v) is 25.1. The molecule has 0 spiro atoms. The maximum Gasteiger partial charge on any atom is 0.394 e. The maximum absolute atomic E-state index is 13.6. The maximum atomic E-state index is 13.6. The highest BCUT2D eigenvalue weighted by molar-refractivity contribution is 8.04. The Morgan fingerprint density at radius 1 is 1.05 bits per heavy atom. The molecule has 2 aliphatic carbocycles. The van der Waals surface area contributed by atoms with Crippen LogP contribution in [0.2, 0.25) is 0 Å². The van der Waals surface area contributed by atoms with E-state index >= 15 is 0 Å². The number of aliphatic imine (C=N–C) groups is 1. The van der Waals surface area contributed by atoms with Gasteiger partial charge in [-0.15, -0.1) is 11.8 Å². The Bertz CT molecular complexity index is 1430.